The lowest BCUT2D eigenvalue weighted by Crippen LogP contribution is -2.12. The van der Waals surface area contributed by atoms with E-state index in [0.29, 0.717) is 11.2 Å². The van der Waals surface area contributed by atoms with Crippen molar-refractivity contribution in [3.05, 3.63) is 50.1 Å². The predicted molar refractivity (Wildman–Crippen MR) is 105 cm³/mol. The Bertz CT molecular complexity index is 1050. The number of nitrogens with zero attached hydrogens (tertiary/aromatic N) is 2. The van der Waals surface area contributed by atoms with Crippen LogP contribution in [0.4, 0.5) is 0 Å². The Balaban J connectivity index is 1.72. The van der Waals surface area contributed by atoms with Crippen LogP contribution in [0.5, 0.6) is 0 Å². The quantitative estimate of drug-likeness (QED) is 0.478. The normalized spacial score (nSPS) is 12.8. The molecule has 1 atom stereocenters. The van der Waals surface area contributed by atoms with Gasteiger partial charge in [0.25, 0.3) is 5.56 Å². The van der Waals surface area contributed by atoms with E-state index in [0.717, 1.165) is 25.3 Å². The minimum absolute atomic E-state index is 0.0416. The Kier molecular flexibility index (Phi) is 4.29. The van der Waals surface area contributed by atoms with Crippen molar-refractivity contribution < 1.29 is 0 Å². The van der Waals surface area contributed by atoms with Gasteiger partial charge >= 0.3 is 0 Å². The highest BCUT2D eigenvalue weighted by Crippen LogP contribution is 2.37. The minimum atomic E-state index is -0.0672. The number of hydrogen-bond donors (Lipinski definition) is 1. The molecule has 0 aliphatic heterocycles. The van der Waals surface area contributed by atoms with E-state index in [-0.39, 0.29) is 10.8 Å². The molecule has 0 fully saturated rings. The van der Waals surface area contributed by atoms with Crippen LogP contribution in [0, 0.1) is 6.92 Å². The maximum atomic E-state index is 12.6. The van der Waals surface area contributed by atoms with Crippen LogP contribution in [0.25, 0.3) is 20.7 Å². The number of nitrogens with one attached hydrogen (secondary N) is 1. The van der Waals surface area contributed by atoms with Gasteiger partial charge in [-0.1, -0.05) is 17.8 Å². The molecule has 0 unspecified atom stereocenters. The fourth-order valence-electron chi connectivity index (χ4n) is 2.36. The number of thiophene rings is 2. The second-order valence-electron chi connectivity index (χ2n) is 5.27. The minimum Gasteiger partial charge on any atom is -0.309 e. The first kappa shape index (κ1) is 16.0. The van der Waals surface area contributed by atoms with Gasteiger partial charge in [0.1, 0.15) is 10.7 Å². The van der Waals surface area contributed by atoms with E-state index in [4.69, 9.17) is 4.98 Å². The van der Waals surface area contributed by atoms with Crippen LogP contribution in [0.15, 0.2) is 37.4 Å². The number of aromatic amines is 1. The molecule has 122 valence electrons. The summed E-state index contributed by atoms with van der Waals surface area (Å²) in [5.74, 6) is 0.699. The van der Waals surface area contributed by atoms with Crippen molar-refractivity contribution in [3.63, 3.8) is 0 Å². The third kappa shape index (κ3) is 2.95. The molecule has 4 aromatic rings. The Morgan fingerprint density at radius 2 is 2.08 bits per heavy atom. The number of thioether (sulfide) groups is 1. The van der Waals surface area contributed by atoms with Gasteiger partial charge in [0.15, 0.2) is 4.34 Å². The van der Waals surface area contributed by atoms with Gasteiger partial charge < -0.3 is 4.98 Å². The van der Waals surface area contributed by atoms with Crippen LogP contribution in [0.2, 0.25) is 0 Å². The fraction of sp³-hybridized carbons (Fsp3) is 0.188. The highest BCUT2D eigenvalue weighted by Gasteiger charge is 2.17. The van der Waals surface area contributed by atoms with E-state index >= 15 is 0 Å². The molecule has 0 radical (unpaired) electrons. The molecule has 4 heterocycles. The van der Waals surface area contributed by atoms with Crippen molar-refractivity contribution in [2.24, 2.45) is 0 Å². The lowest BCUT2D eigenvalue weighted by Gasteiger charge is -2.08. The Morgan fingerprint density at radius 1 is 1.21 bits per heavy atom. The number of thiazole rings is 1. The highest BCUT2D eigenvalue weighted by molar-refractivity contribution is 8.01. The number of aromatic nitrogens is 3. The lowest BCUT2D eigenvalue weighted by atomic mass is 10.2. The summed E-state index contributed by atoms with van der Waals surface area (Å²) >= 11 is 6.40. The fourth-order valence-corrected chi connectivity index (χ4v) is 6.18. The van der Waals surface area contributed by atoms with Gasteiger partial charge in [-0.3, -0.25) is 4.79 Å². The number of H-pyrrole nitrogens is 1. The van der Waals surface area contributed by atoms with E-state index in [1.807, 2.05) is 42.1 Å². The monoisotopic (exact) mass is 391 g/mol. The maximum absolute atomic E-state index is 12.6. The largest absolute Gasteiger partial charge is 0.309 e. The number of hydrogen-bond acceptors (Lipinski definition) is 7. The smallest absolute Gasteiger partial charge is 0.260 e. The van der Waals surface area contributed by atoms with Crippen LogP contribution in [-0.4, -0.2) is 15.0 Å². The highest BCUT2D eigenvalue weighted by atomic mass is 32.2. The standard InChI is InChI=1S/C16H13N3OS4/c1-8-6-23-16(17-8)24-9(2)13-18-14(20)12-10(7-22-15(12)19-13)11-4-3-5-21-11/h3-7,9H,1-2H3,(H,18,19,20)/t9-/m0/s1. The molecule has 4 rings (SSSR count). The molecule has 4 aromatic heterocycles. The van der Waals surface area contributed by atoms with Gasteiger partial charge in [-0.15, -0.1) is 34.0 Å². The number of rotatable bonds is 4. The summed E-state index contributed by atoms with van der Waals surface area (Å²) in [5, 5.41) is 6.79. The third-order valence-electron chi connectivity index (χ3n) is 3.51. The van der Waals surface area contributed by atoms with Gasteiger partial charge in [0.05, 0.1) is 10.6 Å². The van der Waals surface area contributed by atoms with E-state index in [1.165, 1.54) is 11.3 Å². The van der Waals surface area contributed by atoms with Crippen molar-refractivity contribution in [1.82, 2.24) is 15.0 Å². The average Bonchev–Trinajstić information content (AvgIpc) is 3.27. The molecule has 0 saturated heterocycles. The second kappa shape index (κ2) is 6.44. The Labute approximate surface area is 154 Å². The molecule has 0 aliphatic rings. The summed E-state index contributed by atoms with van der Waals surface area (Å²) < 4.78 is 0.994. The first-order valence-electron chi connectivity index (χ1n) is 7.26. The van der Waals surface area contributed by atoms with Gasteiger partial charge in [0, 0.05) is 26.9 Å². The SMILES string of the molecule is Cc1csc(S[C@@H](C)c2nc3scc(-c4cccs4)c3c(=O)[nH]2)n1. The molecule has 8 heteroatoms. The van der Waals surface area contributed by atoms with Crippen molar-refractivity contribution >= 4 is 56.0 Å². The predicted octanol–water partition coefficient (Wildman–Crippen LogP) is 5.33. The second-order valence-corrected chi connectivity index (χ2v) is 9.52. The number of aryl methyl sites for hydroxylation is 1. The van der Waals surface area contributed by atoms with Crippen LogP contribution in [-0.2, 0) is 0 Å². The van der Waals surface area contributed by atoms with E-state index in [9.17, 15) is 4.79 Å². The molecular weight excluding hydrogens is 378 g/mol. The van der Waals surface area contributed by atoms with E-state index in [2.05, 4.69) is 9.97 Å². The maximum Gasteiger partial charge on any atom is 0.260 e. The molecule has 4 nitrogen and oxygen atoms in total. The van der Waals surface area contributed by atoms with Gasteiger partial charge in [0.2, 0.25) is 0 Å². The first-order valence-corrected chi connectivity index (χ1v) is 10.8. The van der Waals surface area contributed by atoms with Crippen LogP contribution >= 0.6 is 45.8 Å². The molecule has 0 bridgehead atoms. The molecule has 24 heavy (non-hydrogen) atoms. The molecule has 0 amide bonds. The van der Waals surface area contributed by atoms with E-state index in [1.54, 1.807) is 34.4 Å². The Hall–Kier alpha value is -1.48. The molecule has 0 aliphatic carbocycles. The summed E-state index contributed by atoms with van der Waals surface area (Å²) in [6, 6.07) is 4.02. The molecule has 0 aromatic carbocycles. The Morgan fingerprint density at radius 3 is 2.79 bits per heavy atom. The molecule has 0 spiro atoms. The zero-order valence-corrected chi connectivity index (χ0v) is 16.2. The van der Waals surface area contributed by atoms with Crippen molar-refractivity contribution in [3.8, 4) is 10.4 Å². The number of fused-ring (bicyclic) bond motifs is 1. The van der Waals surface area contributed by atoms with Crippen molar-refractivity contribution in [1.29, 1.82) is 0 Å². The van der Waals surface area contributed by atoms with Gasteiger partial charge in [-0.25, -0.2) is 9.97 Å². The summed E-state index contributed by atoms with van der Waals surface area (Å²) in [5.41, 5.74) is 1.93. The molecule has 1 N–H and O–H groups in total. The first-order chi connectivity index (χ1) is 11.6. The lowest BCUT2D eigenvalue weighted by molar-refractivity contribution is 0.924. The van der Waals surface area contributed by atoms with Gasteiger partial charge in [-0.05, 0) is 25.3 Å². The van der Waals surface area contributed by atoms with Gasteiger partial charge in [-0.2, -0.15) is 0 Å². The summed E-state index contributed by atoms with van der Waals surface area (Å²) in [6.07, 6.45) is 0. The zero-order valence-electron chi connectivity index (χ0n) is 12.9. The summed E-state index contributed by atoms with van der Waals surface area (Å²) in [4.78, 5) is 26.6. The topological polar surface area (TPSA) is 58.6 Å². The van der Waals surface area contributed by atoms with Crippen LogP contribution in [0.3, 0.4) is 0 Å². The zero-order chi connectivity index (χ0) is 16.7. The molecule has 0 saturated carbocycles. The summed E-state index contributed by atoms with van der Waals surface area (Å²) in [6.45, 7) is 4.02. The van der Waals surface area contributed by atoms with E-state index < -0.39 is 0 Å². The molecular formula is C16H13N3OS4. The van der Waals surface area contributed by atoms with Crippen molar-refractivity contribution in [2.45, 2.75) is 23.4 Å². The van der Waals surface area contributed by atoms with Crippen LogP contribution in [0.1, 0.15) is 23.7 Å². The van der Waals surface area contributed by atoms with Crippen molar-refractivity contribution in [2.75, 3.05) is 0 Å². The van der Waals surface area contributed by atoms with Crippen LogP contribution < -0.4 is 5.56 Å². The third-order valence-corrected chi connectivity index (χ3v) is 7.48. The summed E-state index contributed by atoms with van der Waals surface area (Å²) in [7, 11) is 0. The average molecular weight is 392 g/mol.